The lowest BCUT2D eigenvalue weighted by atomic mass is 9.58. The number of ketones is 2. The second kappa shape index (κ2) is 9.96. The molecule has 4 rings (SSSR count). The van der Waals surface area contributed by atoms with Gasteiger partial charge < -0.3 is 30.9 Å². The number of amides is 1. The number of fused-ring (bicyclic) bond motifs is 3. The van der Waals surface area contributed by atoms with Crippen molar-refractivity contribution in [1.29, 1.82) is 0 Å². The van der Waals surface area contributed by atoms with E-state index in [-0.39, 0.29) is 35.8 Å². The molecule has 11 nitrogen and oxygen atoms in total. The molecule has 0 fully saturated rings. The number of hydrogen-bond donors (Lipinski definition) is 5. The van der Waals surface area contributed by atoms with Gasteiger partial charge in [-0.1, -0.05) is 6.92 Å². The molecule has 1 aromatic rings. The summed E-state index contributed by atoms with van der Waals surface area (Å²) in [4.78, 5) is 42.9. The van der Waals surface area contributed by atoms with Gasteiger partial charge in [-0.05, 0) is 59.3 Å². The number of rotatable bonds is 7. The fourth-order valence-electron chi connectivity index (χ4n) is 6.47. The van der Waals surface area contributed by atoms with Crippen LogP contribution in [0.3, 0.4) is 0 Å². The number of nitrogens with two attached hydrogens (primary N) is 1. The molecule has 11 heteroatoms. The maximum absolute atomic E-state index is 13.8. The zero-order chi connectivity index (χ0) is 29.1. The summed E-state index contributed by atoms with van der Waals surface area (Å²) in [5.41, 5.74) is 2.78. The number of primary amides is 1. The van der Waals surface area contributed by atoms with Crippen molar-refractivity contribution >= 4 is 17.5 Å². The normalized spacial score (nSPS) is 27.5. The highest BCUT2D eigenvalue weighted by atomic mass is 16.5. The van der Waals surface area contributed by atoms with Gasteiger partial charge in [0.1, 0.15) is 28.6 Å². The molecule has 3 aliphatic carbocycles. The van der Waals surface area contributed by atoms with Gasteiger partial charge in [-0.2, -0.15) is 0 Å². The Labute approximate surface area is 227 Å². The molecular weight excluding hydrogens is 506 g/mol. The first-order valence-electron chi connectivity index (χ1n) is 13.0. The van der Waals surface area contributed by atoms with Crippen LogP contribution in [0.1, 0.15) is 48.2 Å². The number of methoxy groups -OCH3 is 1. The van der Waals surface area contributed by atoms with E-state index in [1.54, 1.807) is 14.1 Å². The zero-order valence-corrected chi connectivity index (χ0v) is 23.1. The van der Waals surface area contributed by atoms with E-state index in [0.717, 1.165) is 6.42 Å². The minimum absolute atomic E-state index is 0.0205. The number of carbonyl (C=O) groups is 3. The highest BCUT2D eigenvalue weighted by Gasteiger charge is 2.63. The number of benzene rings is 1. The molecule has 0 saturated carbocycles. The molecule has 212 valence electrons. The summed E-state index contributed by atoms with van der Waals surface area (Å²) in [5, 5.41) is 44.9. The molecule has 39 heavy (non-hydrogen) atoms. The fraction of sp³-hybridized carbons (Fsp3) is 0.536. The standard InChI is InChI=1S/C28H37N3O8/c1-7-12(2)31(5)11-14-10-17(32)19-15(24(14)39-6)8-13-9-16-21(30(3)4)23(34)20(27(29)37)26(36)28(16,38)25(35)18(13)22(19)33/h10,12-13,16,21,32,34-35,38H,7-9,11H2,1-6H3,(H2,29,37)/t12?,13-,16-,21-,28-/m0/s1. The predicted molar refractivity (Wildman–Crippen MR) is 141 cm³/mol. The van der Waals surface area contributed by atoms with Crippen LogP contribution in [0.25, 0.3) is 0 Å². The highest BCUT2D eigenvalue weighted by molar-refractivity contribution is 6.24. The van der Waals surface area contributed by atoms with Gasteiger partial charge in [0.05, 0.1) is 18.7 Å². The van der Waals surface area contributed by atoms with Crippen LogP contribution in [0.15, 0.2) is 28.7 Å². The molecule has 0 spiro atoms. The van der Waals surface area contributed by atoms with Crippen LogP contribution in [0.4, 0.5) is 0 Å². The number of phenolic OH excluding ortho intramolecular Hbond substituents is 1. The number of hydrogen-bond acceptors (Lipinski definition) is 10. The van der Waals surface area contributed by atoms with Gasteiger partial charge in [0.25, 0.3) is 5.91 Å². The molecule has 0 radical (unpaired) electrons. The monoisotopic (exact) mass is 543 g/mol. The second-order valence-electron chi connectivity index (χ2n) is 11.1. The molecule has 0 aliphatic heterocycles. The van der Waals surface area contributed by atoms with Crippen molar-refractivity contribution in [3.63, 3.8) is 0 Å². The zero-order valence-electron chi connectivity index (χ0n) is 23.1. The summed E-state index contributed by atoms with van der Waals surface area (Å²) in [5.74, 6) is -6.33. The summed E-state index contributed by atoms with van der Waals surface area (Å²) >= 11 is 0. The molecule has 1 unspecified atom stereocenters. The van der Waals surface area contributed by atoms with E-state index in [0.29, 0.717) is 23.4 Å². The van der Waals surface area contributed by atoms with E-state index in [4.69, 9.17) is 10.5 Å². The van der Waals surface area contributed by atoms with Gasteiger partial charge >= 0.3 is 0 Å². The molecule has 0 bridgehead atoms. The maximum Gasteiger partial charge on any atom is 0.255 e. The Morgan fingerprint density at radius 2 is 1.87 bits per heavy atom. The quantitative estimate of drug-likeness (QED) is 0.316. The van der Waals surface area contributed by atoms with E-state index in [1.807, 2.05) is 7.05 Å². The highest BCUT2D eigenvalue weighted by Crippen LogP contribution is 2.53. The molecule has 6 N–H and O–H groups in total. The first-order chi connectivity index (χ1) is 18.2. The predicted octanol–water partition coefficient (Wildman–Crippen LogP) is 1.36. The lowest BCUT2D eigenvalue weighted by Crippen LogP contribution is -2.63. The van der Waals surface area contributed by atoms with E-state index >= 15 is 0 Å². The minimum Gasteiger partial charge on any atom is -0.510 e. The number of aliphatic hydroxyl groups is 3. The van der Waals surface area contributed by atoms with E-state index in [2.05, 4.69) is 18.7 Å². The number of nitrogens with zero attached hydrogens (tertiary/aromatic N) is 2. The van der Waals surface area contributed by atoms with Crippen molar-refractivity contribution < 1.29 is 39.5 Å². The van der Waals surface area contributed by atoms with Crippen molar-refractivity contribution in [1.82, 2.24) is 9.80 Å². The Bertz CT molecular complexity index is 1320. The molecular formula is C28H37N3O8. The first-order valence-corrected chi connectivity index (χ1v) is 13.0. The van der Waals surface area contributed by atoms with Gasteiger partial charge in [-0.15, -0.1) is 0 Å². The molecule has 0 saturated heterocycles. The minimum atomic E-state index is -2.66. The van der Waals surface area contributed by atoms with Crippen LogP contribution in [0, 0.1) is 11.8 Å². The van der Waals surface area contributed by atoms with Crippen molar-refractivity contribution in [2.45, 2.75) is 57.3 Å². The van der Waals surface area contributed by atoms with Crippen LogP contribution in [0.5, 0.6) is 11.5 Å². The molecule has 0 heterocycles. The van der Waals surface area contributed by atoms with Gasteiger partial charge in [-0.25, -0.2) is 0 Å². The fourth-order valence-corrected chi connectivity index (χ4v) is 6.47. The molecule has 5 atom stereocenters. The third-order valence-electron chi connectivity index (χ3n) is 8.72. The van der Waals surface area contributed by atoms with Crippen LogP contribution in [0.2, 0.25) is 0 Å². The largest absolute Gasteiger partial charge is 0.510 e. The van der Waals surface area contributed by atoms with E-state index < -0.39 is 58.0 Å². The smallest absolute Gasteiger partial charge is 0.255 e. The van der Waals surface area contributed by atoms with Gasteiger partial charge in [-0.3, -0.25) is 24.2 Å². The molecule has 1 aromatic carbocycles. The number of carbonyl (C=O) groups excluding carboxylic acids is 3. The third kappa shape index (κ3) is 4.11. The lowest BCUT2D eigenvalue weighted by molar-refractivity contribution is -0.148. The number of likely N-dealkylation sites (N-methyl/N-ethyl adjacent to an activating group) is 1. The third-order valence-corrected chi connectivity index (χ3v) is 8.72. The number of ether oxygens (including phenoxy) is 1. The number of aromatic hydroxyl groups is 1. The van der Waals surface area contributed by atoms with E-state index in [1.165, 1.54) is 18.1 Å². The van der Waals surface area contributed by atoms with Crippen molar-refractivity contribution in [3.05, 3.63) is 45.4 Å². The van der Waals surface area contributed by atoms with Gasteiger partial charge in [0.2, 0.25) is 5.78 Å². The van der Waals surface area contributed by atoms with Crippen molar-refractivity contribution in [2.75, 3.05) is 28.3 Å². The summed E-state index contributed by atoms with van der Waals surface area (Å²) in [7, 11) is 6.63. The summed E-state index contributed by atoms with van der Waals surface area (Å²) in [6, 6.07) is 0.683. The van der Waals surface area contributed by atoms with Crippen LogP contribution in [-0.4, -0.2) is 93.6 Å². The number of aliphatic hydroxyl groups excluding tert-OH is 2. The van der Waals surface area contributed by atoms with Gasteiger partial charge in [0.15, 0.2) is 11.4 Å². The number of Topliss-reactive ketones (excluding diaryl/α,β-unsaturated/α-hetero) is 2. The van der Waals surface area contributed by atoms with Crippen LogP contribution < -0.4 is 10.5 Å². The molecule has 1 amide bonds. The second-order valence-corrected chi connectivity index (χ2v) is 11.1. The Morgan fingerprint density at radius 3 is 2.41 bits per heavy atom. The average Bonchev–Trinajstić information content (AvgIpc) is 2.85. The first kappa shape index (κ1) is 28.6. The van der Waals surface area contributed by atoms with E-state index in [9.17, 15) is 34.8 Å². The number of allylic oxidation sites excluding steroid dienone is 1. The summed E-state index contributed by atoms with van der Waals surface area (Å²) in [6.07, 6.45) is 1.11. The molecule has 3 aliphatic rings. The van der Waals surface area contributed by atoms with Gasteiger partial charge in [0, 0.05) is 35.2 Å². The average molecular weight is 544 g/mol. The Kier molecular flexibility index (Phi) is 7.30. The number of phenols is 1. The summed E-state index contributed by atoms with van der Waals surface area (Å²) < 4.78 is 5.75. The van der Waals surface area contributed by atoms with Crippen molar-refractivity contribution in [2.24, 2.45) is 17.6 Å². The van der Waals surface area contributed by atoms with Crippen molar-refractivity contribution in [3.8, 4) is 11.5 Å². The SMILES string of the molecule is CCC(C)N(C)Cc1cc(O)c2c(c1OC)C[C@H]1C[C@H]3[C@H](N(C)C)C(O)=C(C(N)=O)C(=O)[C@@]3(O)C(O)=C1C2=O. The Hall–Kier alpha value is -3.41. The Morgan fingerprint density at radius 1 is 1.23 bits per heavy atom. The van der Waals surface area contributed by atoms with Crippen LogP contribution >= 0.6 is 0 Å². The van der Waals surface area contributed by atoms with Crippen LogP contribution in [-0.2, 0) is 22.6 Å². The topological polar surface area (TPSA) is 174 Å². The Balaban J connectivity index is 1.90. The summed E-state index contributed by atoms with van der Waals surface area (Å²) in [6.45, 7) is 4.61. The lowest BCUT2D eigenvalue weighted by Gasteiger charge is -2.50. The molecule has 0 aromatic heterocycles. The maximum atomic E-state index is 13.8.